The molecular formula is C13H20BrFN2. The largest absolute Gasteiger partial charge is 0.326 e. The van der Waals surface area contributed by atoms with E-state index in [1.807, 2.05) is 14.1 Å². The summed E-state index contributed by atoms with van der Waals surface area (Å²) in [6.07, 6.45) is 0.642. The van der Waals surface area contributed by atoms with Crippen molar-refractivity contribution in [1.29, 1.82) is 0 Å². The van der Waals surface area contributed by atoms with Gasteiger partial charge in [0, 0.05) is 16.1 Å². The summed E-state index contributed by atoms with van der Waals surface area (Å²) in [5.41, 5.74) is 6.99. The number of likely N-dealkylation sites (N-methyl/N-ethyl adjacent to an activating group) is 1. The maximum Gasteiger partial charge on any atom is 0.123 e. The Kier molecular flexibility index (Phi) is 4.69. The Hall–Kier alpha value is -0.450. The third kappa shape index (κ3) is 3.50. The highest BCUT2D eigenvalue weighted by Crippen LogP contribution is 2.23. The fourth-order valence-corrected chi connectivity index (χ4v) is 1.93. The standard InChI is InChI=1S/C13H20BrFN2/c1-13(2,17(3)4)12(16)8-9-7-10(15)5-6-11(9)14/h5-7,12H,8,16H2,1-4H3. The van der Waals surface area contributed by atoms with E-state index in [-0.39, 0.29) is 17.4 Å². The normalized spacial score (nSPS) is 14.1. The van der Waals surface area contributed by atoms with Crippen LogP contribution in [0.25, 0.3) is 0 Å². The van der Waals surface area contributed by atoms with Gasteiger partial charge in [0.25, 0.3) is 0 Å². The second-order valence-corrected chi connectivity index (χ2v) is 5.95. The zero-order valence-corrected chi connectivity index (χ0v) is 12.4. The van der Waals surface area contributed by atoms with Crippen molar-refractivity contribution >= 4 is 15.9 Å². The molecule has 0 fully saturated rings. The molecule has 2 N–H and O–H groups in total. The van der Waals surface area contributed by atoms with E-state index in [2.05, 4.69) is 34.7 Å². The summed E-state index contributed by atoms with van der Waals surface area (Å²) < 4.78 is 14.1. The molecule has 4 heteroatoms. The third-order valence-electron chi connectivity index (χ3n) is 3.51. The molecule has 0 aliphatic carbocycles. The molecular weight excluding hydrogens is 283 g/mol. The lowest BCUT2D eigenvalue weighted by Gasteiger charge is -2.38. The van der Waals surface area contributed by atoms with Gasteiger partial charge in [0.15, 0.2) is 0 Å². The van der Waals surface area contributed by atoms with Crippen LogP contribution < -0.4 is 5.73 Å². The van der Waals surface area contributed by atoms with Crippen LogP contribution in [0.5, 0.6) is 0 Å². The Morgan fingerprint density at radius 3 is 2.53 bits per heavy atom. The first-order valence-electron chi connectivity index (χ1n) is 5.62. The molecule has 0 aliphatic rings. The monoisotopic (exact) mass is 302 g/mol. The van der Waals surface area contributed by atoms with Gasteiger partial charge in [0.05, 0.1) is 0 Å². The number of halogens is 2. The molecule has 1 atom stereocenters. The molecule has 0 radical (unpaired) electrons. The average Bonchev–Trinajstić information content (AvgIpc) is 2.23. The molecule has 0 saturated heterocycles. The fraction of sp³-hybridized carbons (Fsp3) is 0.538. The SMILES string of the molecule is CN(C)C(C)(C)C(N)Cc1cc(F)ccc1Br. The molecule has 1 unspecified atom stereocenters. The number of benzene rings is 1. The van der Waals surface area contributed by atoms with Crippen molar-refractivity contribution in [3.63, 3.8) is 0 Å². The third-order valence-corrected chi connectivity index (χ3v) is 4.28. The van der Waals surface area contributed by atoms with Gasteiger partial charge < -0.3 is 10.6 Å². The summed E-state index contributed by atoms with van der Waals surface area (Å²) in [6, 6.07) is 4.64. The average molecular weight is 303 g/mol. The molecule has 0 spiro atoms. The Balaban J connectivity index is 2.88. The minimum atomic E-state index is -0.224. The number of hydrogen-bond donors (Lipinski definition) is 1. The van der Waals surface area contributed by atoms with Crippen molar-refractivity contribution in [3.05, 3.63) is 34.1 Å². The van der Waals surface area contributed by atoms with Gasteiger partial charge in [-0.05, 0) is 58.1 Å². The summed E-state index contributed by atoms with van der Waals surface area (Å²) in [5, 5.41) is 0. The van der Waals surface area contributed by atoms with Crippen LogP contribution >= 0.6 is 15.9 Å². The van der Waals surface area contributed by atoms with E-state index in [4.69, 9.17) is 5.73 Å². The predicted molar refractivity (Wildman–Crippen MR) is 73.5 cm³/mol. The summed E-state index contributed by atoms with van der Waals surface area (Å²) in [5.74, 6) is -0.224. The van der Waals surface area contributed by atoms with E-state index in [0.29, 0.717) is 6.42 Å². The number of nitrogens with two attached hydrogens (primary N) is 1. The minimum absolute atomic E-state index is 0.0596. The van der Waals surface area contributed by atoms with Crippen molar-refractivity contribution in [1.82, 2.24) is 4.90 Å². The van der Waals surface area contributed by atoms with E-state index >= 15 is 0 Å². The molecule has 96 valence electrons. The molecule has 17 heavy (non-hydrogen) atoms. The number of nitrogens with zero attached hydrogens (tertiary/aromatic N) is 1. The molecule has 0 bridgehead atoms. The topological polar surface area (TPSA) is 29.3 Å². The molecule has 0 aliphatic heterocycles. The van der Waals surface area contributed by atoms with Crippen LogP contribution in [-0.2, 0) is 6.42 Å². The lowest BCUT2D eigenvalue weighted by atomic mass is 9.89. The van der Waals surface area contributed by atoms with Gasteiger partial charge >= 0.3 is 0 Å². The Bertz CT molecular complexity index is 391. The molecule has 0 heterocycles. The Morgan fingerprint density at radius 2 is 2.00 bits per heavy atom. The van der Waals surface area contributed by atoms with E-state index < -0.39 is 0 Å². The van der Waals surface area contributed by atoms with Crippen LogP contribution in [0.2, 0.25) is 0 Å². The fourth-order valence-electron chi connectivity index (χ4n) is 1.52. The van der Waals surface area contributed by atoms with Crippen LogP contribution in [0.3, 0.4) is 0 Å². The summed E-state index contributed by atoms with van der Waals surface area (Å²) >= 11 is 3.43. The van der Waals surface area contributed by atoms with Gasteiger partial charge in [-0.25, -0.2) is 4.39 Å². The number of rotatable bonds is 4. The van der Waals surface area contributed by atoms with Gasteiger partial charge in [0.2, 0.25) is 0 Å². The van der Waals surface area contributed by atoms with Crippen molar-refractivity contribution in [2.24, 2.45) is 5.73 Å². The van der Waals surface area contributed by atoms with Crippen LogP contribution in [-0.4, -0.2) is 30.6 Å². The highest BCUT2D eigenvalue weighted by Gasteiger charge is 2.29. The highest BCUT2D eigenvalue weighted by atomic mass is 79.9. The van der Waals surface area contributed by atoms with Gasteiger partial charge in [0.1, 0.15) is 5.82 Å². The zero-order chi connectivity index (χ0) is 13.2. The maximum absolute atomic E-state index is 13.2. The van der Waals surface area contributed by atoms with Gasteiger partial charge in [-0.2, -0.15) is 0 Å². The second-order valence-electron chi connectivity index (χ2n) is 5.09. The van der Waals surface area contributed by atoms with Crippen molar-refractivity contribution < 1.29 is 4.39 Å². The quantitative estimate of drug-likeness (QED) is 0.927. The molecule has 2 nitrogen and oxygen atoms in total. The first kappa shape index (κ1) is 14.6. The van der Waals surface area contributed by atoms with Gasteiger partial charge in [-0.15, -0.1) is 0 Å². The summed E-state index contributed by atoms with van der Waals surface area (Å²) in [4.78, 5) is 2.09. The Morgan fingerprint density at radius 1 is 1.41 bits per heavy atom. The summed E-state index contributed by atoms with van der Waals surface area (Å²) in [7, 11) is 4.00. The molecule has 1 aromatic carbocycles. The second kappa shape index (κ2) is 5.46. The zero-order valence-electron chi connectivity index (χ0n) is 10.8. The first-order valence-corrected chi connectivity index (χ1v) is 6.41. The Labute approximate surface area is 111 Å². The van der Waals surface area contributed by atoms with Crippen molar-refractivity contribution in [3.8, 4) is 0 Å². The first-order chi connectivity index (χ1) is 7.75. The van der Waals surface area contributed by atoms with Crippen LogP contribution in [0.1, 0.15) is 19.4 Å². The molecule has 1 aromatic rings. The minimum Gasteiger partial charge on any atom is -0.326 e. The number of hydrogen-bond acceptors (Lipinski definition) is 2. The van der Waals surface area contributed by atoms with E-state index in [9.17, 15) is 4.39 Å². The van der Waals surface area contributed by atoms with Crippen LogP contribution in [0.4, 0.5) is 4.39 Å². The molecule has 1 rings (SSSR count). The molecule has 0 aromatic heterocycles. The van der Waals surface area contributed by atoms with Gasteiger partial charge in [-0.3, -0.25) is 0 Å². The predicted octanol–water partition coefficient (Wildman–Crippen LogP) is 2.80. The van der Waals surface area contributed by atoms with Crippen LogP contribution in [0, 0.1) is 5.82 Å². The highest BCUT2D eigenvalue weighted by molar-refractivity contribution is 9.10. The van der Waals surface area contributed by atoms with E-state index in [0.717, 1.165) is 10.0 Å². The van der Waals surface area contributed by atoms with Crippen molar-refractivity contribution in [2.75, 3.05) is 14.1 Å². The lowest BCUT2D eigenvalue weighted by Crippen LogP contribution is -2.54. The van der Waals surface area contributed by atoms with Crippen LogP contribution in [0.15, 0.2) is 22.7 Å². The smallest absolute Gasteiger partial charge is 0.123 e. The summed E-state index contributed by atoms with van der Waals surface area (Å²) in [6.45, 7) is 4.18. The maximum atomic E-state index is 13.2. The van der Waals surface area contributed by atoms with E-state index in [1.54, 1.807) is 6.07 Å². The molecule has 0 amide bonds. The van der Waals surface area contributed by atoms with E-state index in [1.165, 1.54) is 12.1 Å². The molecule has 0 saturated carbocycles. The van der Waals surface area contributed by atoms with Crippen molar-refractivity contribution in [2.45, 2.75) is 31.8 Å². The lowest BCUT2D eigenvalue weighted by molar-refractivity contribution is 0.157. The van der Waals surface area contributed by atoms with Gasteiger partial charge in [-0.1, -0.05) is 15.9 Å².